The van der Waals surface area contributed by atoms with Crippen LogP contribution in [0.1, 0.15) is 12.8 Å². The van der Waals surface area contributed by atoms with Crippen molar-refractivity contribution in [2.75, 3.05) is 0 Å². The van der Waals surface area contributed by atoms with Gasteiger partial charge in [-0.2, -0.15) is 8.78 Å². The van der Waals surface area contributed by atoms with Gasteiger partial charge in [-0.05, 0) is 12.8 Å². The van der Waals surface area contributed by atoms with Crippen LogP contribution in [0, 0.1) is 0 Å². The highest BCUT2D eigenvalue weighted by molar-refractivity contribution is 5.08. The van der Waals surface area contributed by atoms with Crippen molar-refractivity contribution < 1.29 is 22.7 Å². The summed E-state index contributed by atoms with van der Waals surface area (Å²) in [5, 5.41) is 8.67. The summed E-state index contributed by atoms with van der Waals surface area (Å²) in [4.78, 5) is 0. The minimum absolute atomic E-state index is 0.468. The van der Waals surface area contributed by atoms with E-state index in [1.165, 1.54) is 0 Å². The van der Waals surface area contributed by atoms with Gasteiger partial charge in [0.25, 0.3) is 0 Å². The molecule has 1 fully saturated rings. The van der Waals surface area contributed by atoms with Gasteiger partial charge < -0.3 is 10.8 Å². The first-order chi connectivity index (χ1) is 5.29. The van der Waals surface area contributed by atoms with Crippen molar-refractivity contribution in [3.8, 4) is 0 Å². The molecule has 1 saturated carbocycles. The second kappa shape index (κ2) is 2.56. The molecule has 12 heavy (non-hydrogen) atoms. The average Bonchev–Trinajstić information content (AvgIpc) is 1.83. The number of nitrogens with two attached hydrogens (primary N) is 1. The smallest absolute Gasteiger partial charge is 0.325 e. The summed E-state index contributed by atoms with van der Waals surface area (Å²) in [6.07, 6.45) is -5.68. The van der Waals surface area contributed by atoms with Crippen molar-refractivity contribution >= 4 is 0 Å². The van der Waals surface area contributed by atoms with Crippen LogP contribution >= 0.6 is 0 Å². The van der Waals surface area contributed by atoms with E-state index in [9.17, 15) is 17.6 Å². The normalized spacial score (nSPS) is 36.8. The molecule has 0 unspecified atom stereocenters. The fraction of sp³-hybridized carbons (Fsp3) is 1.00. The Morgan fingerprint density at radius 3 is 2.08 bits per heavy atom. The molecule has 0 heterocycles. The SMILES string of the molecule is NC1(C(F)(F)C(F)F)CC(O)C1. The first kappa shape index (κ1) is 9.73. The largest absolute Gasteiger partial charge is 0.393 e. The molecule has 0 saturated heterocycles. The van der Waals surface area contributed by atoms with Crippen molar-refractivity contribution in [1.29, 1.82) is 0 Å². The summed E-state index contributed by atoms with van der Waals surface area (Å²) < 4.78 is 48.6. The topological polar surface area (TPSA) is 46.2 Å². The number of aliphatic hydroxyl groups excluding tert-OH is 1. The molecule has 1 aliphatic carbocycles. The van der Waals surface area contributed by atoms with Crippen molar-refractivity contribution in [3.05, 3.63) is 0 Å². The molecule has 6 heteroatoms. The predicted octanol–water partition coefficient (Wildman–Crippen LogP) is 0.739. The Labute approximate surface area is 66.4 Å². The molecular weight excluding hydrogens is 178 g/mol. The molecule has 3 N–H and O–H groups in total. The lowest BCUT2D eigenvalue weighted by atomic mass is 9.71. The lowest BCUT2D eigenvalue weighted by molar-refractivity contribution is -0.212. The third-order valence-electron chi connectivity index (χ3n) is 2.14. The third-order valence-corrected chi connectivity index (χ3v) is 2.14. The standard InChI is InChI=1S/C6H9F4NO/c7-4(8)6(9,10)5(11)1-3(12)2-5/h3-4,12H,1-2,11H2. The van der Waals surface area contributed by atoms with E-state index in [0.29, 0.717) is 0 Å². The molecular formula is C6H9F4NO. The van der Waals surface area contributed by atoms with Gasteiger partial charge in [0.05, 0.1) is 11.6 Å². The minimum Gasteiger partial charge on any atom is -0.393 e. The van der Waals surface area contributed by atoms with Crippen molar-refractivity contribution in [2.45, 2.75) is 36.8 Å². The number of hydrogen-bond donors (Lipinski definition) is 2. The zero-order valence-electron chi connectivity index (χ0n) is 6.11. The molecule has 0 aromatic heterocycles. The second-order valence-electron chi connectivity index (χ2n) is 3.14. The van der Waals surface area contributed by atoms with Crippen LogP contribution in [0.3, 0.4) is 0 Å². The Morgan fingerprint density at radius 1 is 1.42 bits per heavy atom. The molecule has 2 nitrogen and oxygen atoms in total. The molecule has 0 aromatic carbocycles. The molecule has 0 bridgehead atoms. The first-order valence-corrected chi connectivity index (χ1v) is 3.42. The lowest BCUT2D eigenvalue weighted by Gasteiger charge is -2.46. The summed E-state index contributed by atoms with van der Waals surface area (Å²) in [6, 6.07) is 0. The predicted molar refractivity (Wildman–Crippen MR) is 33.1 cm³/mol. The zero-order chi connectivity index (χ0) is 9.57. The molecule has 0 spiro atoms. The molecule has 0 radical (unpaired) electrons. The van der Waals surface area contributed by atoms with E-state index in [-0.39, 0.29) is 0 Å². The van der Waals surface area contributed by atoms with Gasteiger partial charge in [0.1, 0.15) is 0 Å². The van der Waals surface area contributed by atoms with E-state index in [4.69, 9.17) is 10.8 Å². The number of hydrogen-bond acceptors (Lipinski definition) is 2. The summed E-state index contributed by atoms with van der Waals surface area (Å²) in [5.41, 5.74) is 2.76. The van der Waals surface area contributed by atoms with Crippen LogP contribution in [0.2, 0.25) is 0 Å². The number of alkyl halides is 4. The number of rotatable bonds is 2. The molecule has 72 valence electrons. The van der Waals surface area contributed by atoms with Gasteiger partial charge in [-0.1, -0.05) is 0 Å². The highest BCUT2D eigenvalue weighted by Crippen LogP contribution is 2.45. The third kappa shape index (κ3) is 1.19. The summed E-state index contributed by atoms with van der Waals surface area (Å²) >= 11 is 0. The highest BCUT2D eigenvalue weighted by Gasteiger charge is 2.63. The molecule has 0 aromatic rings. The Bertz CT molecular complexity index is 178. The number of halogens is 4. The number of aliphatic hydroxyl groups is 1. The van der Waals surface area contributed by atoms with Crippen molar-refractivity contribution in [3.63, 3.8) is 0 Å². The summed E-state index contributed by atoms with van der Waals surface area (Å²) in [5.74, 6) is -4.20. The van der Waals surface area contributed by atoms with Crippen LogP contribution in [0.25, 0.3) is 0 Å². The second-order valence-corrected chi connectivity index (χ2v) is 3.14. The van der Waals surface area contributed by atoms with Gasteiger partial charge >= 0.3 is 12.3 Å². The zero-order valence-corrected chi connectivity index (χ0v) is 6.11. The van der Waals surface area contributed by atoms with Crippen LogP contribution in [-0.2, 0) is 0 Å². The quantitative estimate of drug-likeness (QED) is 0.626. The van der Waals surface area contributed by atoms with Crippen LogP contribution in [0.15, 0.2) is 0 Å². The van der Waals surface area contributed by atoms with Crippen LogP contribution < -0.4 is 5.73 Å². The van der Waals surface area contributed by atoms with Crippen molar-refractivity contribution in [1.82, 2.24) is 0 Å². The molecule has 1 aliphatic rings. The van der Waals surface area contributed by atoms with Gasteiger partial charge in [-0.3, -0.25) is 0 Å². The molecule has 0 amide bonds. The Kier molecular flexibility index (Phi) is 2.08. The monoisotopic (exact) mass is 187 g/mol. The highest BCUT2D eigenvalue weighted by atomic mass is 19.3. The van der Waals surface area contributed by atoms with Gasteiger partial charge in [-0.25, -0.2) is 8.78 Å². The van der Waals surface area contributed by atoms with Crippen LogP contribution in [-0.4, -0.2) is 29.1 Å². The Balaban J connectivity index is 2.69. The van der Waals surface area contributed by atoms with E-state index in [0.717, 1.165) is 0 Å². The maximum atomic E-state index is 12.6. The Morgan fingerprint density at radius 2 is 1.83 bits per heavy atom. The molecule has 0 aliphatic heterocycles. The van der Waals surface area contributed by atoms with Crippen molar-refractivity contribution in [2.24, 2.45) is 5.73 Å². The van der Waals surface area contributed by atoms with E-state index in [1.54, 1.807) is 0 Å². The maximum Gasteiger partial charge on any atom is 0.325 e. The van der Waals surface area contributed by atoms with E-state index in [2.05, 4.69) is 0 Å². The fourth-order valence-corrected chi connectivity index (χ4v) is 1.27. The van der Waals surface area contributed by atoms with Gasteiger partial charge in [0, 0.05) is 0 Å². The molecule has 0 atom stereocenters. The Hall–Kier alpha value is -0.360. The van der Waals surface area contributed by atoms with Gasteiger partial charge in [-0.15, -0.1) is 0 Å². The minimum atomic E-state index is -4.20. The summed E-state index contributed by atoms with van der Waals surface area (Å²) in [7, 11) is 0. The average molecular weight is 187 g/mol. The van der Waals surface area contributed by atoms with Crippen LogP contribution in [0.5, 0.6) is 0 Å². The summed E-state index contributed by atoms with van der Waals surface area (Å²) in [6.45, 7) is 0. The van der Waals surface area contributed by atoms with Gasteiger partial charge in [0.2, 0.25) is 0 Å². The first-order valence-electron chi connectivity index (χ1n) is 3.42. The van der Waals surface area contributed by atoms with E-state index in [1.807, 2.05) is 0 Å². The molecule has 1 rings (SSSR count). The lowest BCUT2D eigenvalue weighted by Crippen LogP contribution is -2.67. The van der Waals surface area contributed by atoms with Gasteiger partial charge in [0.15, 0.2) is 0 Å². The maximum absolute atomic E-state index is 12.6. The van der Waals surface area contributed by atoms with E-state index < -0.39 is 36.8 Å². The van der Waals surface area contributed by atoms with Crippen LogP contribution in [0.4, 0.5) is 17.6 Å². The van der Waals surface area contributed by atoms with E-state index >= 15 is 0 Å². The fourth-order valence-electron chi connectivity index (χ4n) is 1.27.